The van der Waals surface area contributed by atoms with E-state index in [2.05, 4.69) is 0 Å². The van der Waals surface area contributed by atoms with Gasteiger partial charge in [0, 0.05) is 30.8 Å². The van der Waals surface area contributed by atoms with Gasteiger partial charge in [0.25, 0.3) is 0 Å². The van der Waals surface area contributed by atoms with Gasteiger partial charge in [0.15, 0.2) is 11.6 Å². The fourth-order valence-electron chi connectivity index (χ4n) is 4.03. The number of amides is 1. The van der Waals surface area contributed by atoms with E-state index in [0.29, 0.717) is 31.6 Å². The first kappa shape index (κ1) is 21.5. The number of rotatable bonds is 5. The van der Waals surface area contributed by atoms with E-state index in [1.54, 1.807) is 17.0 Å². The first-order chi connectivity index (χ1) is 14.6. The van der Waals surface area contributed by atoms with Gasteiger partial charge in [-0.1, -0.05) is 12.1 Å². The minimum absolute atomic E-state index is 0.169. The van der Waals surface area contributed by atoms with Crippen LogP contribution in [0, 0.1) is 22.9 Å². The molecular weight excluding hydrogens is 422 g/mol. The average molecular weight is 442 g/mol. The minimum Gasteiger partial charge on any atom is -0.367 e. The Bertz CT molecular complexity index is 999. The number of alkyl halides is 3. The first-order valence-electron chi connectivity index (χ1n) is 9.96. The van der Waals surface area contributed by atoms with Crippen LogP contribution in [0.5, 0.6) is 0 Å². The molecule has 166 valence electrons. The summed E-state index contributed by atoms with van der Waals surface area (Å²) in [6.45, 7) is 0.842. The number of anilines is 2. The summed E-state index contributed by atoms with van der Waals surface area (Å²) in [5.41, 5.74) is -1.54. The lowest BCUT2D eigenvalue weighted by Crippen LogP contribution is -2.31. The van der Waals surface area contributed by atoms with Gasteiger partial charge >= 0.3 is 6.18 Å². The Balaban J connectivity index is 1.55. The zero-order chi connectivity index (χ0) is 22.4. The maximum absolute atomic E-state index is 15.1. The van der Waals surface area contributed by atoms with E-state index in [1.807, 2.05) is 5.32 Å². The minimum atomic E-state index is -4.53. The third-order valence-electron chi connectivity index (χ3n) is 6.00. The zero-order valence-corrected chi connectivity index (χ0v) is 16.5. The summed E-state index contributed by atoms with van der Waals surface area (Å²) in [7, 11) is 0. The van der Waals surface area contributed by atoms with Crippen molar-refractivity contribution in [3.8, 4) is 0 Å². The van der Waals surface area contributed by atoms with Crippen LogP contribution in [0.2, 0.25) is 0 Å². The van der Waals surface area contributed by atoms with E-state index in [1.165, 1.54) is 12.1 Å². The van der Waals surface area contributed by atoms with E-state index in [9.17, 15) is 26.7 Å². The monoisotopic (exact) mass is 442 g/mol. The molecule has 9 heteroatoms. The molecule has 0 radical (unpaired) electrons. The quantitative estimate of drug-likeness (QED) is 0.600. The lowest BCUT2D eigenvalue weighted by Gasteiger charge is -2.32. The molecule has 31 heavy (non-hydrogen) atoms. The second-order valence-electron chi connectivity index (χ2n) is 8.20. The molecule has 4 rings (SSSR count). The third kappa shape index (κ3) is 4.22. The van der Waals surface area contributed by atoms with Crippen molar-refractivity contribution < 1.29 is 31.1 Å². The van der Waals surface area contributed by atoms with Crippen molar-refractivity contribution in [1.82, 2.24) is 0 Å². The molecule has 1 amide bonds. The summed E-state index contributed by atoms with van der Waals surface area (Å²) in [5.74, 6) is -3.47. The number of nitrogens with zero attached hydrogens (tertiary/aromatic N) is 1. The van der Waals surface area contributed by atoms with Crippen LogP contribution < -0.4 is 10.2 Å². The molecule has 1 aliphatic heterocycles. The van der Waals surface area contributed by atoms with Crippen LogP contribution in [0.3, 0.4) is 0 Å². The number of fused-ring (bicyclic) bond motifs is 1. The molecule has 0 spiro atoms. The van der Waals surface area contributed by atoms with E-state index in [0.717, 1.165) is 11.6 Å². The van der Waals surface area contributed by atoms with Crippen molar-refractivity contribution in [1.29, 1.82) is 0 Å². The van der Waals surface area contributed by atoms with Crippen LogP contribution in [0.1, 0.15) is 36.8 Å². The van der Waals surface area contributed by atoms with Gasteiger partial charge in [-0.05, 0) is 49.4 Å². The van der Waals surface area contributed by atoms with Gasteiger partial charge < -0.3 is 10.2 Å². The summed E-state index contributed by atoms with van der Waals surface area (Å²) < 4.78 is 82.1. The molecular formula is C22H20F6N2O. The molecule has 0 aromatic heterocycles. The molecule has 1 N–H and O–H groups in total. The Kier molecular flexibility index (Phi) is 5.39. The predicted octanol–water partition coefficient (Wildman–Crippen LogP) is 5.73. The molecule has 1 aliphatic carbocycles. The van der Waals surface area contributed by atoms with Gasteiger partial charge in [-0.25, -0.2) is 13.2 Å². The highest BCUT2D eigenvalue weighted by atomic mass is 19.4. The van der Waals surface area contributed by atoms with Crippen LogP contribution in [0.4, 0.5) is 37.7 Å². The predicted molar refractivity (Wildman–Crippen MR) is 103 cm³/mol. The van der Waals surface area contributed by atoms with Crippen LogP contribution in [-0.4, -0.2) is 18.6 Å². The van der Waals surface area contributed by atoms with E-state index in [-0.39, 0.29) is 18.4 Å². The van der Waals surface area contributed by atoms with Crippen molar-refractivity contribution >= 4 is 17.3 Å². The molecule has 3 nitrogen and oxygen atoms in total. The number of carbonyl (C=O) groups excluding carboxylic acids is 1. The zero-order valence-electron chi connectivity index (χ0n) is 16.5. The lowest BCUT2D eigenvalue weighted by atomic mass is 9.98. The number of carbonyl (C=O) groups is 1. The highest BCUT2D eigenvalue weighted by Crippen LogP contribution is 2.60. The van der Waals surface area contributed by atoms with E-state index >= 15 is 4.39 Å². The number of nitrogens with one attached hydrogen (secondary N) is 1. The fourth-order valence-corrected chi connectivity index (χ4v) is 4.03. The smallest absolute Gasteiger partial charge is 0.367 e. The molecule has 0 bridgehead atoms. The first-order valence-corrected chi connectivity index (χ1v) is 9.96. The van der Waals surface area contributed by atoms with Crippen molar-refractivity contribution in [2.24, 2.45) is 5.41 Å². The van der Waals surface area contributed by atoms with Gasteiger partial charge in [0.1, 0.15) is 11.5 Å². The maximum atomic E-state index is 15.1. The SMILES string of the molecule is O=C(CC1(C(F)(F)F)CC1)Nc1c(F)cc2c(c1F)CCCN2Cc1ccc(F)cc1. The van der Waals surface area contributed by atoms with Gasteiger partial charge in [0.2, 0.25) is 5.91 Å². The highest BCUT2D eigenvalue weighted by Gasteiger charge is 2.63. The molecule has 2 aromatic rings. The maximum Gasteiger partial charge on any atom is 0.395 e. The highest BCUT2D eigenvalue weighted by molar-refractivity contribution is 5.92. The Morgan fingerprint density at radius 2 is 1.77 bits per heavy atom. The Hall–Kier alpha value is -2.71. The number of benzene rings is 2. The molecule has 0 saturated heterocycles. The standard InChI is InChI=1S/C22H20F6N2O/c23-14-5-3-13(4-6-14)12-30-9-1-2-15-17(30)10-16(24)20(19(15)25)29-18(31)11-21(7-8-21)22(26,27)28/h3-6,10H,1-2,7-9,11-12H2,(H,29,31). The molecule has 0 atom stereocenters. The molecule has 2 aromatic carbocycles. The largest absolute Gasteiger partial charge is 0.395 e. The summed E-state index contributed by atoms with van der Waals surface area (Å²) in [6, 6.07) is 6.85. The summed E-state index contributed by atoms with van der Waals surface area (Å²) in [5, 5.41) is 2.02. The Morgan fingerprint density at radius 3 is 2.39 bits per heavy atom. The van der Waals surface area contributed by atoms with E-state index in [4.69, 9.17) is 0 Å². The van der Waals surface area contributed by atoms with Crippen LogP contribution >= 0.6 is 0 Å². The number of hydrogen-bond donors (Lipinski definition) is 1. The summed E-state index contributed by atoms with van der Waals surface area (Å²) >= 11 is 0. The van der Waals surface area contributed by atoms with Crippen LogP contribution in [0.15, 0.2) is 30.3 Å². The Labute approximate surface area is 175 Å². The summed E-state index contributed by atoms with van der Waals surface area (Å²) in [4.78, 5) is 13.9. The van der Waals surface area contributed by atoms with Crippen molar-refractivity contribution in [2.75, 3.05) is 16.8 Å². The van der Waals surface area contributed by atoms with Crippen molar-refractivity contribution in [3.05, 3.63) is 58.9 Å². The van der Waals surface area contributed by atoms with Crippen LogP contribution in [-0.2, 0) is 17.8 Å². The van der Waals surface area contributed by atoms with Crippen molar-refractivity contribution in [2.45, 2.75) is 44.8 Å². The summed E-state index contributed by atoms with van der Waals surface area (Å²) in [6.07, 6.45) is -4.85. The van der Waals surface area contributed by atoms with Gasteiger partial charge in [-0.15, -0.1) is 0 Å². The number of halogens is 6. The van der Waals surface area contributed by atoms with Crippen molar-refractivity contribution in [3.63, 3.8) is 0 Å². The topological polar surface area (TPSA) is 32.3 Å². The van der Waals surface area contributed by atoms with Crippen LogP contribution in [0.25, 0.3) is 0 Å². The molecule has 0 unspecified atom stereocenters. The molecule has 1 saturated carbocycles. The van der Waals surface area contributed by atoms with Gasteiger partial charge in [-0.2, -0.15) is 13.2 Å². The third-order valence-corrected chi connectivity index (χ3v) is 6.00. The molecule has 1 fully saturated rings. The van der Waals surface area contributed by atoms with E-state index < -0.39 is 47.1 Å². The molecule has 2 aliphatic rings. The van der Waals surface area contributed by atoms with Gasteiger partial charge in [-0.3, -0.25) is 4.79 Å². The van der Waals surface area contributed by atoms with Gasteiger partial charge in [0.05, 0.1) is 5.41 Å². The second kappa shape index (κ2) is 7.76. The Morgan fingerprint density at radius 1 is 1.10 bits per heavy atom. The second-order valence-corrected chi connectivity index (χ2v) is 8.20. The average Bonchev–Trinajstić information content (AvgIpc) is 3.48. The lowest BCUT2D eigenvalue weighted by molar-refractivity contribution is -0.189. The normalized spacial score (nSPS) is 17.3. The fraction of sp³-hybridized carbons (Fsp3) is 0.409. The molecule has 1 heterocycles. The number of hydrogen-bond acceptors (Lipinski definition) is 2.